The quantitative estimate of drug-likeness (QED) is 0.782. The average Bonchev–Trinajstić information content (AvgIpc) is 2.85. The zero-order valence-corrected chi connectivity index (χ0v) is 12.6. The molecule has 112 valence electrons. The van der Waals surface area contributed by atoms with Gasteiger partial charge in [0, 0.05) is 13.5 Å². The smallest absolute Gasteiger partial charge is 0.226 e. The first-order valence-electron chi connectivity index (χ1n) is 7.49. The van der Waals surface area contributed by atoms with E-state index in [2.05, 4.69) is 22.4 Å². The van der Waals surface area contributed by atoms with Gasteiger partial charge in [-0.2, -0.15) is 0 Å². The molecule has 0 saturated carbocycles. The number of hydrogen-bond donors (Lipinski definition) is 1. The average molecular weight is 293 g/mol. The monoisotopic (exact) mass is 293 g/mol. The maximum atomic E-state index is 12.1. The highest BCUT2D eigenvalue weighted by atomic mass is 16.1. The van der Waals surface area contributed by atoms with Crippen LogP contribution in [0, 0.1) is 0 Å². The Bertz CT molecular complexity index is 777. The number of hydrogen-bond acceptors (Lipinski definition) is 2. The molecular weight excluding hydrogens is 274 g/mol. The van der Waals surface area contributed by atoms with Crippen LogP contribution in [0.4, 0.5) is 5.95 Å². The highest BCUT2D eigenvalue weighted by Gasteiger charge is 2.10. The lowest BCUT2D eigenvalue weighted by molar-refractivity contribution is -0.116. The summed E-state index contributed by atoms with van der Waals surface area (Å²) in [6, 6.07) is 18.1. The van der Waals surface area contributed by atoms with Crippen molar-refractivity contribution >= 4 is 22.9 Å². The molecule has 0 aliphatic carbocycles. The number of aryl methyl sites for hydroxylation is 2. The Kier molecular flexibility index (Phi) is 4.19. The number of carbonyl (C=O) groups is 1. The van der Waals surface area contributed by atoms with Crippen LogP contribution in [0.5, 0.6) is 0 Å². The van der Waals surface area contributed by atoms with Gasteiger partial charge in [0.2, 0.25) is 11.9 Å². The Labute approximate surface area is 129 Å². The summed E-state index contributed by atoms with van der Waals surface area (Å²) >= 11 is 0. The first-order chi connectivity index (χ1) is 10.7. The van der Waals surface area contributed by atoms with E-state index in [9.17, 15) is 4.79 Å². The number of rotatable bonds is 5. The van der Waals surface area contributed by atoms with Gasteiger partial charge in [0.15, 0.2) is 0 Å². The number of aromatic nitrogens is 2. The molecule has 22 heavy (non-hydrogen) atoms. The van der Waals surface area contributed by atoms with Crippen LogP contribution in [-0.2, 0) is 18.3 Å². The van der Waals surface area contributed by atoms with E-state index in [1.165, 1.54) is 5.56 Å². The molecule has 0 fully saturated rings. The third-order valence-corrected chi connectivity index (χ3v) is 3.75. The molecule has 0 spiro atoms. The molecule has 0 unspecified atom stereocenters. The summed E-state index contributed by atoms with van der Waals surface area (Å²) in [6.45, 7) is 0. The fraction of sp³-hybridized carbons (Fsp3) is 0.222. The summed E-state index contributed by atoms with van der Waals surface area (Å²) < 4.78 is 1.91. The van der Waals surface area contributed by atoms with Crippen LogP contribution in [0.3, 0.4) is 0 Å². The van der Waals surface area contributed by atoms with Gasteiger partial charge in [-0.05, 0) is 30.5 Å². The number of anilines is 1. The zero-order chi connectivity index (χ0) is 15.4. The van der Waals surface area contributed by atoms with E-state index in [1.54, 1.807) is 0 Å². The topological polar surface area (TPSA) is 46.9 Å². The van der Waals surface area contributed by atoms with Crippen molar-refractivity contribution in [3.05, 3.63) is 60.2 Å². The fourth-order valence-electron chi connectivity index (χ4n) is 2.54. The summed E-state index contributed by atoms with van der Waals surface area (Å²) in [6.07, 6.45) is 2.24. The van der Waals surface area contributed by atoms with Gasteiger partial charge in [-0.3, -0.25) is 10.1 Å². The lowest BCUT2D eigenvalue weighted by Crippen LogP contribution is -2.14. The van der Waals surface area contributed by atoms with Gasteiger partial charge in [-0.25, -0.2) is 4.98 Å². The number of fused-ring (bicyclic) bond motifs is 1. The molecule has 0 atom stereocenters. The summed E-state index contributed by atoms with van der Waals surface area (Å²) in [4.78, 5) is 16.5. The number of imidazole rings is 1. The number of para-hydroxylation sites is 2. The van der Waals surface area contributed by atoms with Crippen molar-refractivity contribution in [3.8, 4) is 0 Å². The van der Waals surface area contributed by atoms with Crippen molar-refractivity contribution in [1.82, 2.24) is 9.55 Å². The van der Waals surface area contributed by atoms with Crippen LogP contribution in [-0.4, -0.2) is 15.5 Å². The van der Waals surface area contributed by atoms with Gasteiger partial charge in [0.05, 0.1) is 11.0 Å². The molecule has 1 heterocycles. The number of nitrogens with zero attached hydrogens (tertiary/aromatic N) is 2. The van der Waals surface area contributed by atoms with Crippen molar-refractivity contribution in [2.75, 3.05) is 5.32 Å². The normalized spacial score (nSPS) is 10.8. The minimum Gasteiger partial charge on any atom is -0.313 e. The fourth-order valence-corrected chi connectivity index (χ4v) is 2.54. The third-order valence-electron chi connectivity index (χ3n) is 3.75. The van der Waals surface area contributed by atoms with Gasteiger partial charge in [-0.1, -0.05) is 42.5 Å². The van der Waals surface area contributed by atoms with E-state index in [-0.39, 0.29) is 5.91 Å². The molecule has 0 aliphatic rings. The van der Waals surface area contributed by atoms with E-state index in [1.807, 2.05) is 54.1 Å². The van der Waals surface area contributed by atoms with Crippen molar-refractivity contribution in [3.63, 3.8) is 0 Å². The minimum absolute atomic E-state index is 0.00865. The first-order valence-corrected chi connectivity index (χ1v) is 7.49. The maximum Gasteiger partial charge on any atom is 0.226 e. The Balaban J connectivity index is 1.58. The summed E-state index contributed by atoms with van der Waals surface area (Å²) in [5, 5.41) is 2.90. The molecule has 0 radical (unpaired) electrons. The Morgan fingerprint density at radius 3 is 2.59 bits per heavy atom. The summed E-state index contributed by atoms with van der Waals surface area (Å²) in [5.74, 6) is 0.611. The number of carbonyl (C=O) groups excluding carboxylic acids is 1. The number of nitrogens with one attached hydrogen (secondary N) is 1. The number of amides is 1. The van der Waals surface area contributed by atoms with Crippen molar-refractivity contribution < 1.29 is 4.79 Å². The second kappa shape index (κ2) is 6.43. The summed E-state index contributed by atoms with van der Waals surface area (Å²) in [7, 11) is 1.91. The first kappa shape index (κ1) is 14.3. The van der Waals surface area contributed by atoms with Crippen LogP contribution < -0.4 is 5.32 Å². The Hall–Kier alpha value is -2.62. The van der Waals surface area contributed by atoms with Gasteiger partial charge < -0.3 is 4.57 Å². The van der Waals surface area contributed by atoms with Crippen LogP contribution in [0.1, 0.15) is 18.4 Å². The molecule has 4 heteroatoms. The molecule has 4 nitrogen and oxygen atoms in total. The van der Waals surface area contributed by atoms with E-state index in [0.717, 1.165) is 23.9 Å². The molecule has 3 rings (SSSR count). The SMILES string of the molecule is Cn1c(NC(=O)CCCc2ccccc2)nc2ccccc21. The van der Waals surface area contributed by atoms with E-state index in [4.69, 9.17) is 0 Å². The minimum atomic E-state index is 0.00865. The Morgan fingerprint density at radius 2 is 1.82 bits per heavy atom. The van der Waals surface area contributed by atoms with Crippen molar-refractivity contribution in [2.24, 2.45) is 7.05 Å². The molecular formula is C18H19N3O. The van der Waals surface area contributed by atoms with Gasteiger partial charge >= 0.3 is 0 Å². The van der Waals surface area contributed by atoms with Gasteiger partial charge in [0.25, 0.3) is 0 Å². The summed E-state index contributed by atoms with van der Waals surface area (Å²) in [5.41, 5.74) is 3.17. The van der Waals surface area contributed by atoms with E-state index < -0.39 is 0 Å². The van der Waals surface area contributed by atoms with E-state index >= 15 is 0 Å². The van der Waals surface area contributed by atoms with Crippen molar-refractivity contribution in [2.45, 2.75) is 19.3 Å². The molecule has 3 aromatic rings. The van der Waals surface area contributed by atoms with Crippen LogP contribution in [0.15, 0.2) is 54.6 Å². The third kappa shape index (κ3) is 3.17. The molecule has 0 saturated heterocycles. The molecule has 1 amide bonds. The van der Waals surface area contributed by atoms with Crippen molar-refractivity contribution in [1.29, 1.82) is 0 Å². The largest absolute Gasteiger partial charge is 0.313 e. The molecule has 0 bridgehead atoms. The lowest BCUT2D eigenvalue weighted by atomic mass is 10.1. The number of benzene rings is 2. The van der Waals surface area contributed by atoms with Crippen LogP contribution in [0.2, 0.25) is 0 Å². The van der Waals surface area contributed by atoms with Gasteiger partial charge in [-0.15, -0.1) is 0 Å². The Morgan fingerprint density at radius 1 is 1.09 bits per heavy atom. The molecule has 1 aromatic heterocycles. The van der Waals surface area contributed by atoms with Gasteiger partial charge in [0.1, 0.15) is 0 Å². The second-order valence-electron chi connectivity index (χ2n) is 5.37. The highest BCUT2D eigenvalue weighted by molar-refractivity contribution is 5.91. The second-order valence-corrected chi connectivity index (χ2v) is 5.37. The maximum absolute atomic E-state index is 12.1. The molecule has 1 N–H and O–H groups in total. The van der Waals surface area contributed by atoms with Crippen LogP contribution >= 0.6 is 0 Å². The molecule has 0 aliphatic heterocycles. The zero-order valence-electron chi connectivity index (χ0n) is 12.6. The lowest BCUT2D eigenvalue weighted by Gasteiger charge is -2.05. The highest BCUT2D eigenvalue weighted by Crippen LogP contribution is 2.17. The van der Waals surface area contributed by atoms with E-state index in [0.29, 0.717) is 12.4 Å². The predicted octanol–water partition coefficient (Wildman–Crippen LogP) is 3.53. The molecule has 2 aromatic carbocycles. The standard InChI is InChI=1S/C18H19N3O/c1-21-16-12-6-5-11-15(16)19-18(21)20-17(22)13-7-10-14-8-3-2-4-9-14/h2-6,8-9,11-12H,7,10,13H2,1H3,(H,19,20,22). The predicted molar refractivity (Wildman–Crippen MR) is 88.7 cm³/mol. The van der Waals surface area contributed by atoms with Crippen LogP contribution in [0.25, 0.3) is 11.0 Å².